The highest BCUT2D eigenvalue weighted by Crippen LogP contribution is 2.32. The summed E-state index contributed by atoms with van der Waals surface area (Å²) in [6.07, 6.45) is 3.15. The molecule has 0 spiro atoms. The Hall–Kier alpha value is -3.92. The van der Waals surface area contributed by atoms with E-state index in [0.29, 0.717) is 48.4 Å². The molecule has 1 N–H and O–H groups in total. The molecule has 0 aliphatic carbocycles. The number of hydrogen-bond acceptors (Lipinski definition) is 8. The minimum absolute atomic E-state index is 0.0196. The molecule has 1 unspecified atom stereocenters. The molecule has 3 aromatic rings. The van der Waals surface area contributed by atoms with Gasteiger partial charge in [-0.3, -0.25) is 14.5 Å². The van der Waals surface area contributed by atoms with Crippen molar-refractivity contribution < 1.29 is 23.6 Å². The first-order valence-corrected chi connectivity index (χ1v) is 12.9. The van der Waals surface area contributed by atoms with Gasteiger partial charge in [-0.1, -0.05) is 11.2 Å². The highest BCUT2D eigenvalue weighted by atomic mass is 16.5. The van der Waals surface area contributed by atoms with Gasteiger partial charge in [0, 0.05) is 36.4 Å². The quantitative estimate of drug-likeness (QED) is 0.475. The lowest BCUT2D eigenvalue weighted by atomic mass is 9.97. The Morgan fingerprint density at radius 3 is 2.71 bits per heavy atom. The van der Waals surface area contributed by atoms with Gasteiger partial charge in [0.2, 0.25) is 23.5 Å². The van der Waals surface area contributed by atoms with Gasteiger partial charge >= 0.3 is 0 Å². The smallest absolute Gasteiger partial charge is 0.241 e. The van der Waals surface area contributed by atoms with Gasteiger partial charge in [0.25, 0.3) is 0 Å². The first-order valence-electron chi connectivity index (χ1n) is 12.9. The van der Waals surface area contributed by atoms with Crippen molar-refractivity contribution >= 4 is 23.2 Å². The average molecular weight is 520 g/mol. The van der Waals surface area contributed by atoms with E-state index in [4.69, 9.17) is 14.0 Å². The minimum atomic E-state index is -0.157. The van der Waals surface area contributed by atoms with Gasteiger partial charge in [0.05, 0.1) is 26.7 Å². The maximum atomic E-state index is 13.2. The fraction of sp³-hybridized carbons (Fsp3) is 0.429. The van der Waals surface area contributed by atoms with Crippen molar-refractivity contribution in [3.63, 3.8) is 0 Å². The fourth-order valence-electron chi connectivity index (χ4n) is 5.14. The number of aryl methyl sites for hydroxylation is 1. The molecule has 200 valence electrons. The number of nitrogens with one attached hydrogen (secondary N) is 1. The Morgan fingerprint density at radius 2 is 1.95 bits per heavy atom. The van der Waals surface area contributed by atoms with Crippen LogP contribution in [-0.4, -0.2) is 60.7 Å². The summed E-state index contributed by atoms with van der Waals surface area (Å²) in [5.74, 6) is 2.14. The van der Waals surface area contributed by atoms with Crippen LogP contribution < -0.4 is 19.7 Å². The zero-order valence-electron chi connectivity index (χ0n) is 22.0. The van der Waals surface area contributed by atoms with Gasteiger partial charge in [-0.2, -0.15) is 4.98 Å². The van der Waals surface area contributed by atoms with Gasteiger partial charge < -0.3 is 24.2 Å². The van der Waals surface area contributed by atoms with Crippen molar-refractivity contribution in [2.24, 2.45) is 5.92 Å². The molecule has 1 atom stereocenters. The predicted molar refractivity (Wildman–Crippen MR) is 142 cm³/mol. The summed E-state index contributed by atoms with van der Waals surface area (Å²) >= 11 is 0. The summed E-state index contributed by atoms with van der Waals surface area (Å²) in [6, 6.07) is 11.2. The molecule has 3 heterocycles. The molecular formula is C28H33N5O5. The van der Waals surface area contributed by atoms with Crippen molar-refractivity contribution in [1.82, 2.24) is 15.0 Å². The molecular weight excluding hydrogens is 486 g/mol. The molecule has 2 aromatic carbocycles. The van der Waals surface area contributed by atoms with Crippen LogP contribution in [0.3, 0.4) is 0 Å². The number of methoxy groups -OCH3 is 2. The summed E-state index contributed by atoms with van der Waals surface area (Å²) < 4.78 is 16.2. The number of carbonyl (C=O) groups is 2. The van der Waals surface area contributed by atoms with Gasteiger partial charge in [-0.15, -0.1) is 0 Å². The number of piperidine rings is 1. The van der Waals surface area contributed by atoms with E-state index in [-0.39, 0.29) is 17.7 Å². The first-order chi connectivity index (χ1) is 18.4. The van der Waals surface area contributed by atoms with Crippen molar-refractivity contribution in [2.75, 3.05) is 44.1 Å². The molecule has 2 aliphatic rings. The zero-order chi connectivity index (χ0) is 26.6. The van der Waals surface area contributed by atoms with E-state index < -0.39 is 0 Å². The normalized spacial score (nSPS) is 18.0. The number of aromatic nitrogens is 2. The van der Waals surface area contributed by atoms with Crippen molar-refractivity contribution in [3.05, 3.63) is 47.9 Å². The second-order valence-corrected chi connectivity index (χ2v) is 9.80. The largest absolute Gasteiger partial charge is 0.493 e. The van der Waals surface area contributed by atoms with Crippen LogP contribution in [0.2, 0.25) is 0 Å². The van der Waals surface area contributed by atoms with Crippen LogP contribution in [-0.2, 0) is 16.1 Å². The molecule has 2 aliphatic heterocycles. The molecule has 2 amide bonds. The number of ether oxygens (including phenoxy) is 2. The molecule has 10 nitrogen and oxygen atoms in total. The van der Waals surface area contributed by atoms with Crippen LogP contribution in [0.5, 0.6) is 11.5 Å². The maximum Gasteiger partial charge on any atom is 0.241 e. The van der Waals surface area contributed by atoms with Crippen LogP contribution in [0.15, 0.2) is 40.9 Å². The van der Waals surface area contributed by atoms with Gasteiger partial charge in [0.1, 0.15) is 0 Å². The minimum Gasteiger partial charge on any atom is -0.493 e. The highest BCUT2D eigenvalue weighted by Gasteiger charge is 2.28. The Balaban J connectivity index is 1.21. The van der Waals surface area contributed by atoms with Crippen molar-refractivity contribution in [1.29, 1.82) is 0 Å². The Bertz CT molecular complexity index is 1320. The summed E-state index contributed by atoms with van der Waals surface area (Å²) in [4.78, 5) is 33.9. The Kier molecular flexibility index (Phi) is 7.59. The molecule has 0 saturated carbocycles. The molecule has 1 aromatic heterocycles. The number of benzene rings is 2. The lowest BCUT2D eigenvalue weighted by molar-refractivity contribution is -0.121. The van der Waals surface area contributed by atoms with Gasteiger partial charge in [0.15, 0.2) is 11.5 Å². The van der Waals surface area contributed by atoms with Crippen LogP contribution in [0.25, 0.3) is 11.4 Å². The second-order valence-electron chi connectivity index (χ2n) is 9.80. The third-order valence-corrected chi connectivity index (χ3v) is 7.19. The molecule has 2 fully saturated rings. The highest BCUT2D eigenvalue weighted by molar-refractivity contribution is 5.98. The van der Waals surface area contributed by atoms with E-state index in [0.717, 1.165) is 49.2 Å². The number of anilines is 2. The number of amides is 2. The topological polar surface area (TPSA) is 110 Å². The van der Waals surface area contributed by atoms with Crippen LogP contribution in [0, 0.1) is 12.8 Å². The van der Waals surface area contributed by atoms with Crippen molar-refractivity contribution in [3.8, 4) is 22.9 Å². The summed E-state index contributed by atoms with van der Waals surface area (Å²) in [5.41, 5.74) is 3.37. The SMILES string of the molecule is COc1ccc(-c2noc(CN3CCCC(C(=O)Nc4ccc(C)c(N5CCCC5=O)c4)C3)n2)cc1OC. The maximum absolute atomic E-state index is 13.2. The number of carbonyl (C=O) groups excluding carboxylic acids is 2. The molecule has 0 bridgehead atoms. The third-order valence-electron chi connectivity index (χ3n) is 7.19. The van der Waals surface area contributed by atoms with E-state index in [1.165, 1.54) is 0 Å². The fourth-order valence-corrected chi connectivity index (χ4v) is 5.14. The average Bonchev–Trinajstić information content (AvgIpc) is 3.58. The van der Waals surface area contributed by atoms with Crippen molar-refractivity contribution in [2.45, 2.75) is 39.2 Å². The van der Waals surface area contributed by atoms with Crippen LogP contribution in [0.1, 0.15) is 37.1 Å². The van der Waals surface area contributed by atoms with E-state index in [9.17, 15) is 9.59 Å². The first kappa shape index (κ1) is 25.7. The zero-order valence-corrected chi connectivity index (χ0v) is 22.0. The number of hydrogen-bond donors (Lipinski definition) is 1. The van der Waals surface area contributed by atoms with E-state index >= 15 is 0 Å². The third kappa shape index (κ3) is 5.50. The molecule has 0 radical (unpaired) electrons. The lowest BCUT2D eigenvalue weighted by Crippen LogP contribution is -2.40. The summed E-state index contributed by atoms with van der Waals surface area (Å²) in [6.45, 7) is 4.63. The summed E-state index contributed by atoms with van der Waals surface area (Å²) in [5, 5.41) is 7.20. The number of rotatable bonds is 8. The standard InChI is InChI=1S/C28H33N5O5/c1-18-8-10-21(15-22(18)33-13-5-7-26(33)34)29-28(35)20-6-4-12-32(16-20)17-25-30-27(31-38-25)19-9-11-23(36-2)24(14-19)37-3/h8-11,14-15,20H,4-7,12-13,16-17H2,1-3H3,(H,29,35). The number of nitrogens with zero attached hydrogens (tertiary/aromatic N) is 4. The second kappa shape index (κ2) is 11.2. The van der Waals surface area contributed by atoms with E-state index in [2.05, 4.69) is 20.4 Å². The molecule has 5 rings (SSSR count). The predicted octanol–water partition coefficient (Wildman–Crippen LogP) is 4.04. The molecule has 10 heteroatoms. The monoisotopic (exact) mass is 519 g/mol. The number of likely N-dealkylation sites (tertiary alicyclic amines) is 1. The molecule has 2 saturated heterocycles. The Morgan fingerprint density at radius 1 is 1.11 bits per heavy atom. The van der Waals surface area contributed by atoms with Crippen LogP contribution in [0.4, 0.5) is 11.4 Å². The lowest BCUT2D eigenvalue weighted by Gasteiger charge is -2.31. The van der Waals surface area contributed by atoms with Crippen LogP contribution >= 0.6 is 0 Å². The summed E-state index contributed by atoms with van der Waals surface area (Å²) in [7, 11) is 3.17. The van der Waals surface area contributed by atoms with Gasteiger partial charge in [-0.25, -0.2) is 0 Å². The van der Waals surface area contributed by atoms with E-state index in [1.807, 2.05) is 42.2 Å². The van der Waals surface area contributed by atoms with Gasteiger partial charge in [-0.05, 0) is 68.6 Å². The Labute approximate surface area is 221 Å². The van der Waals surface area contributed by atoms with E-state index in [1.54, 1.807) is 20.3 Å². The molecule has 38 heavy (non-hydrogen) atoms.